The number of halogens is 2. The summed E-state index contributed by atoms with van der Waals surface area (Å²) in [6.07, 6.45) is 0. The van der Waals surface area contributed by atoms with Crippen LogP contribution in [0.25, 0.3) is 0 Å². The summed E-state index contributed by atoms with van der Waals surface area (Å²) >= 11 is 1.22. The highest BCUT2D eigenvalue weighted by Gasteiger charge is 2.46. The van der Waals surface area contributed by atoms with E-state index < -0.39 is 17.4 Å². The van der Waals surface area contributed by atoms with Crippen molar-refractivity contribution in [2.24, 2.45) is 10.7 Å². The van der Waals surface area contributed by atoms with Crippen LogP contribution in [0.15, 0.2) is 41.4 Å². The molecule has 26 heavy (non-hydrogen) atoms. The van der Waals surface area contributed by atoms with E-state index >= 15 is 0 Å². The van der Waals surface area contributed by atoms with Gasteiger partial charge in [-0.3, -0.25) is 10.1 Å². The second kappa shape index (κ2) is 6.18. The molecule has 2 aromatic rings. The Morgan fingerprint density at radius 2 is 1.96 bits per heavy atom. The molecule has 0 unspecified atom stereocenters. The third-order valence-corrected chi connectivity index (χ3v) is 5.61. The first kappa shape index (κ1) is 18.0. The van der Waals surface area contributed by atoms with Gasteiger partial charge in [-0.25, -0.2) is 13.8 Å². The number of nitrogens with one attached hydrogen (secondary N) is 1. The van der Waals surface area contributed by atoms with Crippen LogP contribution in [-0.4, -0.2) is 11.9 Å². The molecule has 1 aromatic carbocycles. The highest BCUT2D eigenvalue weighted by atomic mass is 32.1. The van der Waals surface area contributed by atoms with Crippen LogP contribution in [0.2, 0.25) is 0 Å². The van der Waals surface area contributed by atoms with Gasteiger partial charge in [-0.15, -0.1) is 11.3 Å². The SMILES string of the molecule is CC(F)(F)c1ccc([C@@H]2C(=O)NC(N)=N[C@]2(C)c2ccc(C#N)s2)cc1. The number of rotatable bonds is 3. The molecule has 0 fully saturated rings. The maximum Gasteiger partial charge on any atom is 0.270 e. The average molecular weight is 374 g/mol. The Morgan fingerprint density at radius 1 is 1.31 bits per heavy atom. The van der Waals surface area contributed by atoms with Gasteiger partial charge in [-0.05, 0) is 24.6 Å². The Morgan fingerprint density at radius 3 is 2.50 bits per heavy atom. The molecule has 134 valence electrons. The lowest BCUT2D eigenvalue weighted by molar-refractivity contribution is -0.123. The molecule has 0 spiro atoms. The minimum absolute atomic E-state index is 0.0163. The highest BCUT2D eigenvalue weighted by molar-refractivity contribution is 7.12. The number of carbonyl (C=O) groups excluding carboxylic acids is 1. The van der Waals surface area contributed by atoms with Crippen molar-refractivity contribution in [2.75, 3.05) is 0 Å². The van der Waals surface area contributed by atoms with Crippen molar-refractivity contribution in [3.8, 4) is 6.07 Å². The quantitative estimate of drug-likeness (QED) is 0.864. The van der Waals surface area contributed by atoms with Crippen LogP contribution >= 0.6 is 11.3 Å². The third kappa shape index (κ3) is 3.06. The van der Waals surface area contributed by atoms with E-state index in [-0.39, 0.29) is 17.4 Å². The lowest BCUT2D eigenvalue weighted by Gasteiger charge is -2.36. The number of carbonyl (C=O) groups is 1. The largest absolute Gasteiger partial charge is 0.370 e. The van der Waals surface area contributed by atoms with Gasteiger partial charge in [0.25, 0.3) is 5.92 Å². The molecule has 1 aromatic heterocycles. The molecule has 2 heterocycles. The Bertz CT molecular complexity index is 924. The van der Waals surface area contributed by atoms with Crippen molar-refractivity contribution in [1.82, 2.24) is 5.32 Å². The zero-order chi connectivity index (χ0) is 19.1. The lowest BCUT2D eigenvalue weighted by atomic mass is 9.78. The molecule has 3 N–H and O–H groups in total. The predicted octanol–water partition coefficient (Wildman–Crippen LogP) is 3.17. The van der Waals surface area contributed by atoms with E-state index in [9.17, 15) is 13.6 Å². The normalized spacial score (nSPS) is 23.1. The molecule has 1 aliphatic heterocycles. The van der Waals surface area contributed by atoms with Gasteiger partial charge in [-0.1, -0.05) is 24.3 Å². The first-order valence-corrected chi connectivity index (χ1v) is 8.61. The summed E-state index contributed by atoms with van der Waals surface area (Å²) in [7, 11) is 0. The monoisotopic (exact) mass is 374 g/mol. The summed E-state index contributed by atoms with van der Waals surface area (Å²) in [5, 5.41) is 11.6. The smallest absolute Gasteiger partial charge is 0.270 e. The number of thiophene rings is 1. The van der Waals surface area contributed by atoms with Crippen LogP contribution in [-0.2, 0) is 16.3 Å². The molecular formula is C18H16F2N4OS. The zero-order valence-electron chi connectivity index (χ0n) is 14.1. The van der Waals surface area contributed by atoms with Gasteiger partial charge in [-0.2, -0.15) is 5.26 Å². The number of nitriles is 1. The van der Waals surface area contributed by atoms with Gasteiger partial charge in [0.15, 0.2) is 5.96 Å². The number of nitrogens with two attached hydrogens (primary N) is 1. The predicted molar refractivity (Wildman–Crippen MR) is 94.9 cm³/mol. The van der Waals surface area contributed by atoms with E-state index in [4.69, 9.17) is 11.0 Å². The number of guanidine groups is 1. The molecule has 1 aliphatic rings. The van der Waals surface area contributed by atoms with Crippen molar-refractivity contribution in [3.05, 3.63) is 57.3 Å². The fourth-order valence-electron chi connectivity index (χ4n) is 3.11. The highest BCUT2D eigenvalue weighted by Crippen LogP contribution is 2.45. The van der Waals surface area contributed by atoms with Crippen molar-refractivity contribution in [3.63, 3.8) is 0 Å². The number of amides is 1. The van der Waals surface area contributed by atoms with Crippen LogP contribution in [0.1, 0.15) is 40.6 Å². The first-order valence-electron chi connectivity index (χ1n) is 7.80. The number of aliphatic imine (C=N–C) groups is 1. The van der Waals surface area contributed by atoms with Crippen LogP contribution < -0.4 is 11.1 Å². The van der Waals surface area contributed by atoms with Crippen molar-refractivity contribution < 1.29 is 13.6 Å². The van der Waals surface area contributed by atoms with E-state index in [1.165, 1.54) is 35.6 Å². The Kier molecular flexibility index (Phi) is 4.28. The second-order valence-corrected chi connectivity index (χ2v) is 7.44. The van der Waals surface area contributed by atoms with Crippen LogP contribution in [0, 0.1) is 11.3 Å². The van der Waals surface area contributed by atoms with Crippen molar-refractivity contribution >= 4 is 23.2 Å². The standard InChI is InChI=1S/C18H16F2N4OS/c1-17(13-8-7-12(9-21)26-13)14(15(25)23-16(22)24-17)10-3-5-11(6-4-10)18(2,19)20/h3-8,14H,1-2H3,(H3,22,23,24,25)/t14-,17-/m1/s1. The fourth-order valence-corrected chi connectivity index (χ4v) is 4.03. The Balaban J connectivity index is 2.10. The zero-order valence-corrected chi connectivity index (χ0v) is 14.9. The summed E-state index contributed by atoms with van der Waals surface area (Å²) in [6, 6.07) is 11.1. The molecule has 3 rings (SSSR count). The van der Waals surface area contributed by atoms with Gasteiger partial charge < -0.3 is 5.73 Å². The van der Waals surface area contributed by atoms with E-state index in [1.807, 2.05) is 0 Å². The Hall–Kier alpha value is -2.79. The minimum atomic E-state index is -2.96. The van der Waals surface area contributed by atoms with Gasteiger partial charge in [0.1, 0.15) is 16.5 Å². The van der Waals surface area contributed by atoms with E-state index in [2.05, 4.69) is 16.4 Å². The topological polar surface area (TPSA) is 91.3 Å². The molecule has 5 nitrogen and oxygen atoms in total. The second-order valence-electron chi connectivity index (χ2n) is 6.35. The number of alkyl halides is 2. The maximum absolute atomic E-state index is 13.5. The molecule has 0 saturated heterocycles. The number of hydrogen-bond donors (Lipinski definition) is 2. The van der Waals surface area contributed by atoms with E-state index in [0.29, 0.717) is 15.3 Å². The number of benzene rings is 1. The van der Waals surface area contributed by atoms with Gasteiger partial charge in [0.2, 0.25) is 5.91 Å². The van der Waals surface area contributed by atoms with Crippen LogP contribution in [0.5, 0.6) is 0 Å². The van der Waals surface area contributed by atoms with Gasteiger partial charge in [0.05, 0.1) is 5.92 Å². The van der Waals surface area contributed by atoms with Crippen LogP contribution in [0.3, 0.4) is 0 Å². The van der Waals surface area contributed by atoms with Gasteiger partial charge in [0, 0.05) is 17.4 Å². The molecule has 0 bridgehead atoms. The molecule has 8 heteroatoms. The molecule has 0 saturated carbocycles. The summed E-state index contributed by atoms with van der Waals surface area (Å²) in [5.41, 5.74) is 5.13. The average Bonchev–Trinajstić information content (AvgIpc) is 3.03. The Labute approximate surface area is 153 Å². The first-order chi connectivity index (χ1) is 12.1. The molecule has 2 atom stereocenters. The van der Waals surface area contributed by atoms with Crippen molar-refractivity contribution in [2.45, 2.75) is 31.2 Å². The molecule has 0 radical (unpaired) electrons. The summed E-state index contributed by atoms with van der Waals surface area (Å²) in [6.45, 7) is 2.57. The number of nitrogens with zero attached hydrogens (tertiary/aromatic N) is 2. The molecule has 1 amide bonds. The van der Waals surface area contributed by atoms with Crippen LogP contribution in [0.4, 0.5) is 8.78 Å². The number of hydrogen-bond acceptors (Lipinski definition) is 5. The van der Waals surface area contributed by atoms with E-state index in [0.717, 1.165) is 6.92 Å². The summed E-state index contributed by atoms with van der Waals surface area (Å²) in [4.78, 5) is 18.3. The maximum atomic E-state index is 13.5. The third-order valence-electron chi connectivity index (χ3n) is 4.39. The minimum Gasteiger partial charge on any atom is -0.370 e. The summed E-state index contributed by atoms with van der Waals surface area (Å²) < 4.78 is 26.9. The molecular weight excluding hydrogens is 358 g/mol. The van der Waals surface area contributed by atoms with E-state index in [1.54, 1.807) is 19.1 Å². The van der Waals surface area contributed by atoms with Crippen molar-refractivity contribution in [1.29, 1.82) is 5.26 Å². The lowest BCUT2D eigenvalue weighted by Crippen LogP contribution is -2.51. The molecule has 0 aliphatic carbocycles. The van der Waals surface area contributed by atoms with Gasteiger partial charge >= 0.3 is 0 Å². The summed E-state index contributed by atoms with van der Waals surface area (Å²) in [5.74, 6) is -4.12. The fraction of sp³-hybridized carbons (Fsp3) is 0.278.